The molecule has 0 fully saturated rings. The zero-order valence-electron chi connectivity index (χ0n) is 15.5. The Labute approximate surface area is 182 Å². The molecular formula is C19H20Cl2N4OS2. The number of carbonyl (C=O) groups is 1. The monoisotopic (exact) mass is 454 g/mol. The van der Waals surface area contributed by atoms with Gasteiger partial charge in [0.05, 0.1) is 14.9 Å². The highest BCUT2D eigenvalue weighted by Crippen LogP contribution is 2.29. The summed E-state index contributed by atoms with van der Waals surface area (Å²) >= 11 is 19.0. The minimum atomic E-state index is -0.280. The first-order valence-corrected chi connectivity index (χ1v) is 10.7. The Bertz CT molecular complexity index is 1020. The largest absolute Gasteiger partial charge is 0.355 e. The van der Waals surface area contributed by atoms with Crippen molar-refractivity contribution in [2.24, 2.45) is 0 Å². The van der Waals surface area contributed by atoms with E-state index in [1.807, 2.05) is 48.1 Å². The maximum Gasteiger partial charge on any atom is 0.221 e. The Hall–Kier alpha value is -1.67. The SMILES string of the molecule is CC(C)(CNC(=O)CCn1c(-c2cccs2)n[nH]c1=S)c1ccc(Cl)c(Cl)c1. The van der Waals surface area contributed by atoms with Crippen molar-refractivity contribution in [2.75, 3.05) is 6.54 Å². The number of aromatic nitrogens is 3. The molecule has 0 aliphatic heterocycles. The van der Waals surface area contributed by atoms with Gasteiger partial charge in [-0.05, 0) is 41.4 Å². The van der Waals surface area contributed by atoms with Crippen LogP contribution in [-0.4, -0.2) is 27.2 Å². The lowest BCUT2D eigenvalue weighted by atomic mass is 9.84. The van der Waals surface area contributed by atoms with Gasteiger partial charge >= 0.3 is 0 Å². The molecule has 0 saturated carbocycles. The Morgan fingerprint density at radius 2 is 2.11 bits per heavy atom. The molecule has 2 aromatic heterocycles. The molecule has 0 spiro atoms. The van der Waals surface area contributed by atoms with E-state index in [1.54, 1.807) is 17.4 Å². The zero-order chi connectivity index (χ0) is 20.3. The minimum Gasteiger partial charge on any atom is -0.355 e. The van der Waals surface area contributed by atoms with Gasteiger partial charge in [-0.1, -0.05) is 49.2 Å². The summed E-state index contributed by atoms with van der Waals surface area (Å²) in [6.07, 6.45) is 0.309. The van der Waals surface area contributed by atoms with E-state index in [-0.39, 0.29) is 11.3 Å². The van der Waals surface area contributed by atoms with E-state index < -0.39 is 0 Å². The average Bonchev–Trinajstić information content (AvgIpc) is 3.30. The molecule has 9 heteroatoms. The summed E-state index contributed by atoms with van der Waals surface area (Å²) in [6, 6.07) is 9.48. The first-order valence-electron chi connectivity index (χ1n) is 8.69. The fraction of sp³-hybridized carbons (Fsp3) is 0.316. The Morgan fingerprint density at radius 3 is 2.79 bits per heavy atom. The van der Waals surface area contributed by atoms with Gasteiger partial charge in [0.15, 0.2) is 10.6 Å². The number of thiophene rings is 1. The van der Waals surface area contributed by atoms with Crippen LogP contribution < -0.4 is 5.32 Å². The number of benzene rings is 1. The van der Waals surface area contributed by atoms with Crippen LogP contribution in [0.25, 0.3) is 10.7 Å². The van der Waals surface area contributed by atoms with Crippen LogP contribution in [0.3, 0.4) is 0 Å². The van der Waals surface area contributed by atoms with Crippen molar-refractivity contribution in [1.82, 2.24) is 20.1 Å². The Balaban J connectivity index is 1.60. The molecule has 1 amide bonds. The first-order chi connectivity index (χ1) is 13.3. The standard InChI is InChI=1S/C19H20Cl2N4OS2/c1-19(2,12-5-6-13(20)14(21)10-12)11-22-16(26)7-8-25-17(23-24-18(25)27)15-4-3-9-28-15/h3-6,9-10H,7-8,11H2,1-2H3,(H,22,26)(H,24,27). The van der Waals surface area contributed by atoms with Crippen LogP contribution >= 0.6 is 46.8 Å². The third kappa shape index (κ3) is 4.84. The number of aromatic amines is 1. The maximum atomic E-state index is 12.4. The number of amides is 1. The lowest BCUT2D eigenvalue weighted by Crippen LogP contribution is -2.37. The van der Waals surface area contributed by atoms with Crippen LogP contribution in [0.15, 0.2) is 35.7 Å². The predicted octanol–water partition coefficient (Wildman–Crippen LogP) is 5.46. The number of nitrogens with zero attached hydrogens (tertiary/aromatic N) is 2. The van der Waals surface area contributed by atoms with E-state index in [9.17, 15) is 4.79 Å². The Kier molecular flexibility index (Phi) is 6.60. The number of halogens is 2. The normalized spacial score (nSPS) is 11.6. The number of H-pyrrole nitrogens is 1. The molecule has 0 unspecified atom stereocenters. The summed E-state index contributed by atoms with van der Waals surface area (Å²) in [4.78, 5) is 13.4. The smallest absolute Gasteiger partial charge is 0.221 e. The molecule has 0 aliphatic carbocycles. The third-order valence-corrected chi connectivity index (χ3v) is 6.41. The van der Waals surface area contributed by atoms with Gasteiger partial charge in [0.1, 0.15) is 0 Å². The van der Waals surface area contributed by atoms with Crippen LogP contribution in [-0.2, 0) is 16.8 Å². The van der Waals surface area contributed by atoms with E-state index in [2.05, 4.69) is 15.5 Å². The van der Waals surface area contributed by atoms with Gasteiger partial charge in [-0.15, -0.1) is 11.3 Å². The predicted molar refractivity (Wildman–Crippen MR) is 118 cm³/mol. The van der Waals surface area contributed by atoms with Crippen molar-refractivity contribution in [3.8, 4) is 10.7 Å². The van der Waals surface area contributed by atoms with Gasteiger partial charge in [0.25, 0.3) is 0 Å². The number of carbonyl (C=O) groups excluding carboxylic acids is 1. The molecule has 148 valence electrons. The van der Waals surface area contributed by atoms with Crippen LogP contribution in [0.2, 0.25) is 10.0 Å². The molecule has 28 heavy (non-hydrogen) atoms. The van der Waals surface area contributed by atoms with E-state index in [4.69, 9.17) is 35.4 Å². The van der Waals surface area contributed by atoms with Crippen molar-refractivity contribution < 1.29 is 4.79 Å². The number of nitrogens with one attached hydrogen (secondary N) is 2. The topological polar surface area (TPSA) is 62.7 Å². The molecule has 2 N–H and O–H groups in total. The molecule has 1 aromatic carbocycles. The lowest BCUT2D eigenvalue weighted by Gasteiger charge is -2.26. The number of hydrogen-bond acceptors (Lipinski definition) is 4. The highest BCUT2D eigenvalue weighted by molar-refractivity contribution is 7.71. The summed E-state index contributed by atoms with van der Waals surface area (Å²) in [5.41, 5.74) is 0.733. The van der Waals surface area contributed by atoms with Crippen molar-refractivity contribution in [3.05, 3.63) is 56.1 Å². The Morgan fingerprint density at radius 1 is 1.32 bits per heavy atom. The third-order valence-electron chi connectivity index (χ3n) is 4.49. The number of rotatable bonds is 7. The molecule has 0 aliphatic rings. The molecule has 3 rings (SSSR count). The van der Waals surface area contributed by atoms with Crippen molar-refractivity contribution >= 4 is 52.7 Å². The number of hydrogen-bond donors (Lipinski definition) is 2. The summed E-state index contributed by atoms with van der Waals surface area (Å²) in [6.45, 7) is 5.04. The molecule has 2 heterocycles. The van der Waals surface area contributed by atoms with Crippen LogP contribution in [0, 0.1) is 4.77 Å². The van der Waals surface area contributed by atoms with Crippen LogP contribution in [0.5, 0.6) is 0 Å². The molecule has 0 atom stereocenters. The zero-order valence-corrected chi connectivity index (χ0v) is 18.6. The molecule has 3 aromatic rings. The lowest BCUT2D eigenvalue weighted by molar-refractivity contribution is -0.121. The van der Waals surface area contributed by atoms with E-state index >= 15 is 0 Å². The molecule has 0 radical (unpaired) electrons. The summed E-state index contributed by atoms with van der Waals surface area (Å²) in [7, 11) is 0. The van der Waals surface area contributed by atoms with Gasteiger partial charge in [-0.2, -0.15) is 5.10 Å². The second kappa shape index (κ2) is 8.78. The average molecular weight is 455 g/mol. The fourth-order valence-electron chi connectivity index (χ4n) is 2.76. The van der Waals surface area contributed by atoms with Gasteiger partial charge in [0, 0.05) is 24.9 Å². The van der Waals surface area contributed by atoms with Crippen molar-refractivity contribution in [2.45, 2.75) is 32.2 Å². The van der Waals surface area contributed by atoms with Crippen molar-refractivity contribution in [1.29, 1.82) is 0 Å². The fourth-order valence-corrected chi connectivity index (χ4v) is 4.00. The van der Waals surface area contributed by atoms with Crippen LogP contribution in [0.1, 0.15) is 25.8 Å². The summed E-state index contributed by atoms with van der Waals surface area (Å²) < 4.78 is 2.36. The molecule has 5 nitrogen and oxygen atoms in total. The van der Waals surface area contributed by atoms with Crippen molar-refractivity contribution in [3.63, 3.8) is 0 Å². The van der Waals surface area contributed by atoms with E-state index in [0.717, 1.165) is 16.3 Å². The van der Waals surface area contributed by atoms with Crippen LogP contribution in [0.4, 0.5) is 0 Å². The van der Waals surface area contributed by atoms with Gasteiger partial charge < -0.3 is 5.32 Å². The maximum absolute atomic E-state index is 12.4. The quantitative estimate of drug-likeness (QED) is 0.465. The van der Waals surface area contributed by atoms with Gasteiger partial charge in [-0.3, -0.25) is 14.5 Å². The van der Waals surface area contributed by atoms with Gasteiger partial charge in [-0.25, -0.2) is 0 Å². The highest BCUT2D eigenvalue weighted by atomic mass is 35.5. The molecule has 0 bridgehead atoms. The minimum absolute atomic E-state index is 0.0478. The molecule has 0 saturated heterocycles. The second-order valence-corrected chi connectivity index (χ2v) is 9.17. The van der Waals surface area contributed by atoms with E-state index in [1.165, 1.54) is 0 Å². The summed E-state index contributed by atoms with van der Waals surface area (Å²) in [5, 5.41) is 13.1. The van der Waals surface area contributed by atoms with Gasteiger partial charge in [0.2, 0.25) is 5.91 Å². The highest BCUT2D eigenvalue weighted by Gasteiger charge is 2.22. The van der Waals surface area contributed by atoms with E-state index in [0.29, 0.717) is 34.3 Å². The summed E-state index contributed by atoms with van der Waals surface area (Å²) in [5.74, 6) is 0.706. The molecular weight excluding hydrogens is 435 g/mol. The first kappa shape index (κ1) is 21.0. The second-order valence-electron chi connectivity index (χ2n) is 7.02.